The summed E-state index contributed by atoms with van der Waals surface area (Å²) in [5.41, 5.74) is 2.30. The highest BCUT2D eigenvalue weighted by Gasteiger charge is 2.15. The number of carbonyl (C=O) groups is 1. The molecule has 1 N–H and O–H groups in total. The van der Waals surface area contributed by atoms with Crippen molar-refractivity contribution >= 4 is 35.1 Å². The number of nitrogens with one attached hydrogen (secondary N) is 1. The number of nitro groups is 2. The number of nitrogens with zero attached hydrogens (tertiary/aromatic N) is 3. The molecule has 0 aliphatic rings. The van der Waals surface area contributed by atoms with E-state index < -0.39 is 15.8 Å². The van der Waals surface area contributed by atoms with Crippen molar-refractivity contribution in [3.05, 3.63) is 78.8 Å². The fourth-order valence-corrected chi connectivity index (χ4v) is 1.89. The largest absolute Gasteiger partial charge is 0.288 e. The highest BCUT2D eigenvalue weighted by atomic mass is 35.5. The second kappa shape index (κ2) is 7.29. The normalized spacial score (nSPS) is 10.5. The molecule has 0 spiro atoms. The van der Waals surface area contributed by atoms with Crippen molar-refractivity contribution in [2.24, 2.45) is 5.10 Å². The lowest BCUT2D eigenvalue weighted by Gasteiger charge is -2.01. The Morgan fingerprint density at radius 1 is 1.08 bits per heavy atom. The Balaban J connectivity index is 2.06. The Hall–Kier alpha value is -3.33. The summed E-state index contributed by atoms with van der Waals surface area (Å²) < 4.78 is 0. The van der Waals surface area contributed by atoms with Crippen molar-refractivity contribution in [2.75, 3.05) is 0 Å². The number of nitro benzene ring substituents is 2. The van der Waals surface area contributed by atoms with E-state index in [-0.39, 0.29) is 22.0 Å². The molecule has 10 heteroatoms. The van der Waals surface area contributed by atoms with Crippen LogP contribution in [0.1, 0.15) is 15.9 Å². The Bertz CT molecular complexity index is 836. The number of halogens is 1. The van der Waals surface area contributed by atoms with Crippen LogP contribution in [0.3, 0.4) is 0 Å². The molecular formula is C14H9ClN4O5. The molecule has 9 nitrogen and oxygen atoms in total. The highest BCUT2D eigenvalue weighted by Crippen LogP contribution is 2.24. The Morgan fingerprint density at radius 2 is 1.75 bits per heavy atom. The molecule has 0 heterocycles. The summed E-state index contributed by atoms with van der Waals surface area (Å²) in [7, 11) is 0. The first kappa shape index (κ1) is 17.0. The van der Waals surface area contributed by atoms with E-state index in [9.17, 15) is 25.0 Å². The Kier molecular flexibility index (Phi) is 5.17. The predicted octanol–water partition coefficient (Wildman–Crippen LogP) is 2.92. The Labute approximate surface area is 139 Å². The molecule has 1 amide bonds. The van der Waals surface area contributed by atoms with Gasteiger partial charge in [0.1, 0.15) is 5.02 Å². The third-order valence-corrected chi connectivity index (χ3v) is 3.21. The van der Waals surface area contributed by atoms with E-state index in [1.165, 1.54) is 42.6 Å². The number of benzene rings is 2. The van der Waals surface area contributed by atoms with E-state index >= 15 is 0 Å². The van der Waals surface area contributed by atoms with Crippen LogP contribution in [-0.2, 0) is 0 Å². The zero-order chi connectivity index (χ0) is 17.7. The van der Waals surface area contributed by atoms with E-state index in [2.05, 4.69) is 10.5 Å². The van der Waals surface area contributed by atoms with Gasteiger partial charge in [0.25, 0.3) is 17.3 Å². The van der Waals surface area contributed by atoms with Crippen LogP contribution < -0.4 is 5.43 Å². The van der Waals surface area contributed by atoms with Gasteiger partial charge in [-0.2, -0.15) is 5.10 Å². The van der Waals surface area contributed by atoms with E-state index in [1.54, 1.807) is 0 Å². The number of carbonyl (C=O) groups excluding carboxylic acids is 1. The maximum atomic E-state index is 11.9. The number of hydrogen-bond donors (Lipinski definition) is 1. The van der Waals surface area contributed by atoms with Gasteiger partial charge in [-0.1, -0.05) is 11.6 Å². The van der Waals surface area contributed by atoms with Crippen LogP contribution in [0.4, 0.5) is 11.4 Å². The highest BCUT2D eigenvalue weighted by molar-refractivity contribution is 6.32. The average Bonchev–Trinajstić information content (AvgIpc) is 2.55. The molecule has 122 valence electrons. The van der Waals surface area contributed by atoms with Crippen molar-refractivity contribution in [3.8, 4) is 0 Å². The standard InChI is InChI=1S/C14H9ClN4O5/c15-12-6-3-10(7-13(12)19(23)24)14(20)17-16-8-9-1-4-11(5-2-9)18(21)22/h1-8H,(H,17,20)/b16-8-. The van der Waals surface area contributed by atoms with Gasteiger partial charge in [-0.3, -0.25) is 25.0 Å². The summed E-state index contributed by atoms with van der Waals surface area (Å²) in [5, 5.41) is 24.9. The van der Waals surface area contributed by atoms with Gasteiger partial charge in [0.15, 0.2) is 0 Å². The lowest BCUT2D eigenvalue weighted by molar-refractivity contribution is -0.385. The molecule has 0 unspecified atom stereocenters. The minimum absolute atomic E-state index is 0.0203. The summed E-state index contributed by atoms with van der Waals surface area (Å²) in [6.45, 7) is 0. The van der Waals surface area contributed by atoms with Gasteiger partial charge in [-0.25, -0.2) is 5.43 Å². The van der Waals surface area contributed by atoms with Gasteiger partial charge in [-0.15, -0.1) is 0 Å². The molecule has 0 aliphatic heterocycles. The molecule has 0 fully saturated rings. The fraction of sp³-hybridized carbons (Fsp3) is 0. The molecule has 0 saturated heterocycles. The number of non-ortho nitro benzene ring substituents is 1. The first-order valence-electron chi connectivity index (χ1n) is 6.40. The van der Waals surface area contributed by atoms with Gasteiger partial charge >= 0.3 is 0 Å². The van der Waals surface area contributed by atoms with Crippen LogP contribution in [0, 0.1) is 20.2 Å². The van der Waals surface area contributed by atoms with E-state index in [1.807, 2.05) is 0 Å². The number of hydrazone groups is 1. The van der Waals surface area contributed by atoms with Crippen LogP contribution in [0.2, 0.25) is 5.02 Å². The number of hydrogen-bond acceptors (Lipinski definition) is 6. The SMILES string of the molecule is O=C(N/N=C\c1ccc([N+](=O)[O-])cc1)c1ccc(Cl)c([N+](=O)[O-])c1. The maximum Gasteiger partial charge on any atom is 0.288 e. The lowest BCUT2D eigenvalue weighted by Crippen LogP contribution is -2.17. The molecule has 0 atom stereocenters. The van der Waals surface area contributed by atoms with Crippen LogP contribution in [0.15, 0.2) is 47.6 Å². The quantitative estimate of drug-likeness (QED) is 0.504. The van der Waals surface area contributed by atoms with Crippen molar-refractivity contribution in [2.45, 2.75) is 0 Å². The first-order valence-corrected chi connectivity index (χ1v) is 6.78. The minimum Gasteiger partial charge on any atom is -0.267 e. The number of amides is 1. The van der Waals surface area contributed by atoms with Crippen LogP contribution >= 0.6 is 11.6 Å². The Morgan fingerprint density at radius 3 is 2.33 bits per heavy atom. The fourth-order valence-electron chi connectivity index (χ4n) is 1.71. The summed E-state index contributed by atoms with van der Waals surface area (Å²) in [4.78, 5) is 32.0. The summed E-state index contributed by atoms with van der Waals surface area (Å²) in [6.07, 6.45) is 1.28. The topological polar surface area (TPSA) is 128 Å². The predicted molar refractivity (Wildman–Crippen MR) is 86.3 cm³/mol. The third kappa shape index (κ3) is 4.11. The molecule has 0 radical (unpaired) electrons. The van der Waals surface area contributed by atoms with Crippen molar-refractivity contribution in [1.82, 2.24) is 5.43 Å². The first-order chi connectivity index (χ1) is 11.4. The molecule has 0 aliphatic carbocycles. The van der Waals surface area contributed by atoms with Gasteiger partial charge in [0, 0.05) is 23.8 Å². The zero-order valence-corrected chi connectivity index (χ0v) is 12.6. The molecule has 0 aromatic heterocycles. The van der Waals surface area contributed by atoms with Gasteiger partial charge in [0.2, 0.25) is 0 Å². The second-order valence-corrected chi connectivity index (χ2v) is 4.88. The minimum atomic E-state index is -0.695. The van der Waals surface area contributed by atoms with E-state index in [4.69, 9.17) is 11.6 Å². The van der Waals surface area contributed by atoms with E-state index in [0.717, 1.165) is 6.07 Å². The second-order valence-electron chi connectivity index (χ2n) is 4.47. The molecule has 2 aromatic carbocycles. The van der Waals surface area contributed by atoms with Gasteiger partial charge in [0.05, 0.1) is 16.1 Å². The van der Waals surface area contributed by atoms with Crippen LogP contribution in [0.5, 0.6) is 0 Å². The monoisotopic (exact) mass is 348 g/mol. The van der Waals surface area contributed by atoms with Crippen LogP contribution in [0.25, 0.3) is 0 Å². The van der Waals surface area contributed by atoms with Gasteiger partial charge in [-0.05, 0) is 29.8 Å². The van der Waals surface area contributed by atoms with Gasteiger partial charge < -0.3 is 0 Å². The molecular weight excluding hydrogens is 340 g/mol. The average molecular weight is 349 g/mol. The molecule has 24 heavy (non-hydrogen) atoms. The third-order valence-electron chi connectivity index (χ3n) is 2.89. The molecule has 2 aromatic rings. The van der Waals surface area contributed by atoms with Crippen LogP contribution in [-0.4, -0.2) is 22.0 Å². The van der Waals surface area contributed by atoms with Crippen molar-refractivity contribution in [1.29, 1.82) is 0 Å². The molecule has 2 rings (SSSR count). The zero-order valence-electron chi connectivity index (χ0n) is 11.9. The smallest absolute Gasteiger partial charge is 0.267 e. The molecule has 0 bridgehead atoms. The van der Waals surface area contributed by atoms with Crippen molar-refractivity contribution < 1.29 is 14.6 Å². The summed E-state index contributed by atoms with van der Waals surface area (Å²) >= 11 is 5.66. The summed E-state index contributed by atoms with van der Waals surface area (Å²) in [5.74, 6) is -0.659. The maximum absolute atomic E-state index is 11.9. The molecule has 0 saturated carbocycles. The van der Waals surface area contributed by atoms with Crippen molar-refractivity contribution in [3.63, 3.8) is 0 Å². The summed E-state index contributed by atoms with van der Waals surface area (Å²) in [6, 6.07) is 9.12. The number of rotatable bonds is 5. The lowest BCUT2D eigenvalue weighted by atomic mass is 10.2. The van der Waals surface area contributed by atoms with E-state index in [0.29, 0.717) is 5.56 Å².